The van der Waals surface area contributed by atoms with E-state index in [4.69, 9.17) is 14.2 Å². The highest BCUT2D eigenvalue weighted by Crippen LogP contribution is 2.30. The molecule has 1 atom stereocenters. The SMILES string of the molecule is COc1ccc([C@@H](C)NC(=O)COc2ccc(N(C)S(=O)(=O)c3ccccc3)cc2)cc1OC. The number of rotatable bonds is 10. The topological polar surface area (TPSA) is 94.2 Å². The Balaban J connectivity index is 1.57. The van der Waals surface area contributed by atoms with Gasteiger partial charge in [0.1, 0.15) is 5.75 Å². The molecule has 0 fully saturated rings. The van der Waals surface area contributed by atoms with E-state index in [-0.39, 0.29) is 23.5 Å². The summed E-state index contributed by atoms with van der Waals surface area (Å²) < 4.78 is 42.8. The fraction of sp³-hybridized carbons (Fsp3) is 0.240. The van der Waals surface area contributed by atoms with E-state index in [1.54, 1.807) is 74.9 Å². The van der Waals surface area contributed by atoms with Crippen LogP contribution in [-0.4, -0.2) is 42.2 Å². The van der Waals surface area contributed by atoms with Crippen molar-refractivity contribution in [2.24, 2.45) is 0 Å². The minimum absolute atomic E-state index is 0.185. The lowest BCUT2D eigenvalue weighted by Crippen LogP contribution is -2.31. The Morgan fingerprint density at radius 1 is 0.941 bits per heavy atom. The summed E-state index contributed by atoms with van der Waals surface area (Å²) in [5, 5.41) is 2.88. The van der Waals surface area contributed by atoms with Gasteiger partial charge in [-0.1, -0.05) is 24.3 Å². The van der Waals surface area contributed by atoms with Gasteiger partial charge in [0.2, 0.25) is 0 Å². The zero-order valence-corrected chi connectivity index (χ0v) is 20.3. The highest BCUT2D eigenvalue weighted by molar-refractivity contribution is 7.92. The predicted octanol–water partition coefficient (Wildman–Crippen LogP) is 3.79. The van der Waals surface area contributed by atoms with E-state index >= 15 is 0 Å². The van der Waals surface area contributed by atoms with Crippen LogP contribution in [0.3, 0.4) is 0 Å². The molecule has 0 unspecified atom stereocenters. The quantitative estimate of drug-likeness (QED) is 0.471. The molecule has 3 aromatic rings. The number of methoxy groups -OCH3 is 2. The third-order valence-corrected chi connectivity index (χ3v) is 7.06. The molecule has 0 aromatic heterocycles. The van der Waals surface area contributed by atoms with E-state index in [1.807, 2.05) is 19.1 Å². The van der Waals surface area contributed by atoms with Crippen molar-refractivity contribution in [2.45, 2.75) is 17.9 Å². The first-order valence-electron chi connectivity index (χ1n) is 10.5. The summed E-state index contributed by atoms with van der Waals surface area (Å²) in [6, 6.07) is 19.9. The summed E-state index contributed by atoms with van der Waals surface area (Å²) in [6.07, 6.45) is 0. The van der Waals surface area contributed by atoms with Gasteiger partial charge in [0.15, 0.2) is 18.1 Å². The normalized spacial score (nSPS) is 11.9. The van der Waals surface area contributed by atoms with Crippen LogP contribution in [0.15, 0.2) is 77.7 Å². The number of carbonyl (C=O) groups excluding carboxylic acids is 1. The molecule has 0 bridgehead atoms. The number of benzene rings is 3. The van der Waals surface area contributed by atoms with Crippen LogP contribution < -0.4 is 23.8 Å². The third-order valence-electron chi connectivity index (χ3n) is 5.26. The number of hydrogen-bond acceptors (Lipinski definition) is 6. The Morgan fingerprint density at radius 3 is 2.21 bits per heavy atom. The Kier molecular flexibility index (Phi) is 8.01. The first-order chi connectivity index (χ1) is 16.3. The number of sulfonamides is 1. The van der Waals surface area contributed by atoms with Crippen LogP contribution in [0.2, 0.25) is 0 Å². The molecule has 1 N–H and O–H groups in total. The van der Waals surface area contributed by atoms with Crippen molar-refractivity contribution in [2.75, 3.05) is 32.2 Å². The minimum atomic E-state index is -3.67. The van der Waals surface area contributed by atoms with E-state index in [1.165, 1.54) is 11.4 Å². The zero-order valence-electron chi connectivity index (χ0n) is 19.5. The van der Waals surface area contributed by atoms with E-state index in [9.17, 15) is 13.2 Å². The molecule has 0 heterocycles. The average molecular weight is 485 g/mol. The van der Waals surface area contributed by atoms with Crippen LogP contribution in [0.1, 0.15) is 18.5 Å². The molecule has 3 aromatic carbocycles. The van der Waals surface area contributed by atoms with Gasteiger partial charge in [0.05, 0.1) is 30.8 Å². The molecule has 0 saturated carbocycles. The maximum absolute atomic E-state index is 12.8. The Hall–Kier alpha value is -3.72. The number of carbonyl (C=O) groups is 1. The fourth-order valence-corrected chi connectivity index (χ4v) is 4.50. The summed E-state index contributed by atoms with van der Waals surface area (Å²) in [7, 11) is 0.936. The highest BCUT2D eigenvalue weighted by atomic mass is 32.2. The molecule has 9 heteroatoms. The molecule has 1 amide bonds. The second-order valence-corrected chi connectivity index (χ2v) is 9.44. The van der Waals surface area contributed by atoms with E-state index in [0.29, 0.717) is 22.9 Å². The molecule has 8 nitrogen and oxygen atoms in total. The fourth-order valence-electron chi connectivity index (χ4n) is 3.28. The maximum atomic E-state index is 12.8. The van der Waals surface area contributed by atoms with Crippen molar-refractivity contribution in [3.8, 4) is 17.2 Å². The van der Waals surface area contributed by atoms with Gasteiger partial charge in [-0.3, -0.25) is 9.10 Å². The third kappa shape index (κ3) is 5.79. The van der Waals surface area contributed by atoms with Crippen molar-refractivity contribution in [3.05, 3.63) is 78.4 Å². The van der Waals surface area contributed by atoms with Crippen molar-refractivity contribution in [3.63, 3.8) is 0 Å². The molecule has 34 heavy (non-hydrogen) atoms. The maximum Gasteiger partial charge on any atom is 0.264 e. The molecule has 0 aliphatic rings. The van der Waals surface area contributed by atoms with Gasteiger partial charge in [0, 0.05) is 7.05 Å². The second-order valence-electron chi connectivity index (χ2n) is 7.47. The first kappa shape index (κ1) is 24.9. The highest BCUT2D eigenvalue weighted by Gasteiger charge is 2.21. The number of amides is 1. The zero-order chi connectivity index (χ0) is 24.7. The lowest BCUT2D eigenvalue weighted by Gasteiger charge is -2.20. The van der Waals surface area contributed by atoms with Crippen LogP contribution in [0.4, 0.5) is 5.69 Å². The van der Waals surface area contributed by atoms with Crippen molar-refractivity contribution < 1.29 is 27.4 Å². The lowest BCUT2D eigenvalue weighted by atomic mass is 10.1. The van der Waals surface area contributed by atoms with Gasteiger partial charge in [0.25, 0.3) is 15.9 Å². The second kappa shape index (κ2) is 10.9. The summed E-state index contributed by atoms with van der Waals surface area (Å²) in [4.78, 5) is 12.6. The van der Waals surface area contributed by atoms with Crippen molar-refractivity contribution in [1.82, 2.24) is 5.32 Å². The van der Waals surface area contributed by atoms with Crippen LogP contribution in [0.5, 0.6) is 17.2 Å². The average Bonchev–Trinajstić information content (AvgIpc) is 2.87. The summed E-state index contributed by atoms with van der Waals surface area (Å²) in [5.74, 6) is 1.34. The van der Waals surface area contributed by atoms with Crippen LogP contribution >= 0.6 is 0 Å². The Labute approximate surface area is 200 Å². The Bertz CT molecular complexity index is 1210. The summed E-state index contributed by atoms with van der Waals surface area (Å²) in [6.45, 7) is 1.67. The first-order valence-corrected chi connectivity index (χ1v) is 12.0. The molecule has 0 aliphatic heterocycles. The Morgan fingerprint density at radius 2 is 1.59 bits per heavy atom. The molecular formula is C25H28N2O6S. The molecule has 3 rings (SSSR count). The van der Waals surface area contributed by atoms with Crippen LogP contribution in [-0.2, 0) is 14.8 Å². The number of anilines is 1. The monoisotopic (exact) mass is 484 g/mol. The lowest BCUT2D eigenvalue weighted by molar-refractivity contribution is -0.123. The van der Waals surface area contributed by atoms with E-state index < -0.39 is 10.0 Å². The van der Waals surface area contributed by atoms with Gasteiger partial charge in [-0.25, -0.2) is 8.42 Å². The van der Waals surface area contributed by atoms with Crippen molar-refractivity contribution in [1.29, 1.82) is 0 Å². The van der Waals surface area contributed by atoms with E-state index in [2.05, 4.69) is 5.32 Å². The molecular weight excluding hydrogens is 456 g/mol. The van der Waals surface area contributed by atoms with Gasteiger partial charge >= 0.3 is 0 Å². The number of ether oxygens (including phenoxy) is 3. The standard InChI is InChI=1S/C25H28N2O6S/c1-18(19-10-15-23(31-3)24(16-19)32-4)26-25(28)17-33-21-13-11-20(12-14-21)27(2)34(29,30)22-8-6-5-7-9-22/h5-16,18H,17H2,1-4H3,(H,26,28)/t18-/m1/s1. The van der Waals surface area contributed by atoms with Gasteiger partial charge in [-0.15, -0.1) is 0 Å². The van der Waals surface area contributed by atoms with Crippen molar-refractivity contribution >= 4 is 21.6 Å². The minimum Gasteiger partial charge on any atom is -0.493 e. The molecule has 0 spiro atoms. The predicted molar refractivity (Wildman–Crippen MR) is 130 cm³/mol. The molecule has 0 saturated heterocycles. The molecule has 0 radical (unpaired) electrons. The van der Waals surface area contributed by atoms with Gasteiger partial charge in [-0.2, -0.15) is 0 Å². The number of nitrogens with zero attached hydrogens (tertiary/aromatic N) is 1. The molecule has 180 valence electrons. The van der Waals surface area contributed by atoms with Crippen LogP contribution in [0, 0.1) is 0 Å². The van der Waals surface area contributed by atoms with Gasteiger partial charge < -0.3 is 19.5 Å². The number of hydrogen-bond donors (Lipinski definition) is 1. The molecule has 0 aliphatic carbocycles. The smallest absolute Gasteiger partial charge is 0.264 e. The summed E-state index contributed by atoms with van der Waals surface area (Å²) in [5.41, 5.74) is 1.33. The number of nitrogens with one attached hydrogen (secondary N) is 1. The largest absolute Gasteiger partial charge is 0.493 e. The van der Waals surface area contributed by atoms with Gasteiger partial charge in [-0.05, 0) is 61.0 Å². The van der Waals surface area contributed by atoms with Crippen LogP contribution in [0.25, 0.3) is 0 Å². The summed E-state index contributed by atoms with van der Waals surface area (Å²) >= 11 is 0. The van der Waals surface area contributed by atoms with E-state index in [0.717, 1.165) is 5.56 Å².